The molecular weight excluding hydrogens is 264 g/mol. The zero-order valence-corrected chi connectivity index (χ0v) is 13.6. The van der Waals surface area contributed by atoms with Crippen LogP contribution in [0, 0.1) is 5.92 Å². The number of rotatable bonds is 8. The van der Waals surface area contributed by atoms with Gasteiger partial charge in [-0.1, -0.05) is 19.8 Å². The number of ketones is 1. The molecule has 0 bridgehead atoms. The zero-order chi connectivity index (χ0) is 14.9. The molecule has 21 heavy (non-hydrogen) atoms. The molecule has 0 aromatic rings. The lowest BCUT2D eigenvalue weighted by atomic mass is 9.86. The molecular formula is C17H32N2O2. The normalized spacial score (nSPS) is 27.7. The van der Waals surface area contributed by atoms with E-state index in [4.69, 9.17) is 4.74 Å². The van der Waals surface area contributed by atoms with Gasteiger partial charge in [-0.15, -0.1) is 0 Å². The maximum absolute atomic E-state index is 12.3. The van der Waals surface area contributed by atoms with Crippen LogP contribution in [0.1, 0.15) is 51.9 Å². The van der Waals surface area contributed by atoms with Crippen molar-refractivity contribution in [3.63, 3.8) is 0 Å². The first-order chi connectivity index (χ1) is 10.3. The monoisotopic (exact) mass is 296 g/mol. The van der Waals surface area contributed by atoms with Crippen molar-refractivity contribution in [1.82, 2.24) is 10.2 Å². The van der Waals surface area contributed by atoms with Crippen LogP contribution >= 0.6 is 0 Å². The van der Waals surface area contributed by atoms with Crippen molar-refractivity contribution >= 4 is 5.78 Å². The van der Waals surface area contributed by atoms with E-state index in [1.54, 1.807) is 0 Å². The molecule has 2 saturated heterocycles. The summed E-state index contributed by atoms with van der Waals surface area (Å²) in [6, 6.07) is 0.138. The number of Topliss-reactive ketones (excluding diaryl/α,β-unsaturated/α-hetero) is 1. The topological polar surface area (TPSA) is 41.6 Å². The van der Waals surface area contributed by atoms with E-state index in [1.165, 1.54) is 19.3 Å². The zero-order valence-electron chi connectivity index (χ0n) is 13.6. The first-order valence-corrected chi connectivity index (χ1v) is 8.85. The van der Waals surface area contributed by atoms with Crippen molar-refractivity contribution in [3.05, 3.63) is 0 Å². The average Bonchev–Trinajstić information content (AvgIpc) is 2.53. The summed E-state index contributed by atoms with van der Waals surface area (Å²) in [5.74, 6) is 1.20. The molecule has 2 unspecified atom stereocenters. The summed E-state index contributed by atoms with van der Waals surface area (Å²) < 4.78 is 5.35. The van der Waals surface area contributed by atoms with Crippen molar-refractivity contribution in [3.8, 4) is 0 Å². The molecule has 4 nitrogen and oxygen atoms in total. The van der Waals surface area contributed by atoms with Gasteiger partial charge in [-0.25, -0.2) is 0 Å². The Balaban J connectivity index is 1.58. The Morgan fingerprint density at radius 2 is 2.10 bits per heavy atom. The van der Waals surface area contributed by atoms with Gasteiger partial charge in [0.15, 0.2) is 0 Å². The Hall–Kier alpha value is -0.450. The van der Waals surface area contributed by atoms with Crippen LogP contribution in [-0.2, 0) is 9.53 Å². The quantitative estimate of drug-likeness (QED) is 0.697. The fraction of sp³-hybridized carbons (Fsp3) is 0.941. The third-order valence-corrected chi connectivity index (χ3v) is 4.85. The minimum atomic E-state index is 0.138. The summed E-state index contributed by atoms with van der Waals surface area (Å²) in [5.41, 5.74) is 0. The highest BCUT2D eigenvalue weighted by Crippen LogP contribution is 2.22. The van der Waals surface area contributed by atoms with Gasteiger partial charge in [0.1, 0.15) is 5.78 Å². The molecule has 0 radical (unpaired) electrons. The standard InChI is InChI=1S/C17H32N2O2/c1-2-5-15-7-8-18-16(14-15)17(20)6-3-4-9-19-10-12-21-13-11-19/h15-16,18H,2-14H2,1H3. The van der Waals surface area contributed by atoms with Gasteiger partial charge < -0.3 is 10.1 Å². The first-order valence-electron chi connectivity index (χ1n) is 8.85. The molecule has 0 saturated carbocycles. The Labute approximate surface area is 129 Å². The summed E-state index contributed by atoms with van der Waals surface area (Å²) in [6.07, 6.45) is 7.75. The highest BCUT2D eigenvalue weighted by atomic mass is 16.5. The molecule has 0 amide bonds. The maximum atomic E-state index is 12.3. The minimum Gasteiger partial charge on any atom is -0.379 e. The van der Waals surface area contributed by atoms with E-state index in [9.17, 15) is 4.79 Å². The Morgan fingerprint density at radius 3 is 2.86 bits per heavy atom. The molecule has 0 aliphatic carbocycles. The van der Waals surface area contributed by atoms with Gasteiger partial charge in [0.05, 0.1) is 19.3 Å². The third-order valence-electron chi connectivity index (χ3n) is 4.85. The van der Waals surface area contributed by atoms with Crippen molar-refractivity contribution in [2.24, 2.45) is 5.92 Å². The van der Waals surface area contributed by atoms with Gasteiger partial charge in [0, 0.05) is 19.5 Å². The first kappa shape index (κ1) is 16.9. The Morgan fingerprint density at radius 1 is 1.29 bits per heavy atom. The summed E-state index contributed by atoms with van der Waals surface area (Å²) in [5, 5.41) is 3.42. The molecule has 2 fully saturated rings. The lowest BCUT2D eigenvalue weighted by molar-refractivity contribution is -0.122. The highest BCUT2D eigenvalue weighted by Gasteiger charge is 2.25. The lowest BCUT2D eigenvalue weighted by Gasteiger charge is -2.29. The van der Waals surface area contributed by atoms with Crippen LogP contribution < -0.4 is 5.32 Å². The second kappa shape index (κ2) is 9.54. The van der Waals surface area contributed by atoms with Crippen LogP contribution in [0.3, 0.4) is 0 Å². The molecule has 0 spiro atoms. The van der Waals surface area contributed by atoms with E-state index in [1.807, 2.05) is 0 Å². The number of hydrogen-bond donors (Lipinski definition) is 1. The van der Waals surface area contributed by atoms with Crippen LogP contribution in [0.25, 0.3) is 0 Å². The van der Waals surface area contributed by atoms with Crippen LogP contribution in [0.5, 0.6) is 0 Å². The SMILES string of the molecule is CCCC1CCNC(C(=O)CCCCN2CCOCC2)C1. The predicted octanol–water partition coefficient (Wildman–Crippen LogP) is 2.23. The molecule has 1 N–H and O–H groups in total. The van der Waals surface area contributed by atoms with E-state index < -0.39 is 0 Å². The van der Waals surface area contributed by atoms with Crippen molar-refractivity contribution in [2.45, 2.75) is 57.9 Å². The van der Waals surface area contributed by atoms with Crippen LogP contribution in [-0.4, -0.2) is 56.1 Å². The lowest BCUT2D eigenvalue weighted by Crippen LogP contribution is -2.43. The molecule has 0 aromatic heterocycles. The van der Waals surface area contributed by atoms with E-state index in [2.05, 4.69) is 17.1 Å². The van der Waals surface area contributed by atoms with Gasteiger partial charge in [-0.05, 0) is 44.7 Å². The predicted molar refractivity (Wildman–Crippen MR) is 85.5 cm³/mol. The largest absolute Gasteiger partial charge is 0.379 e. The van der Waals surface area contributed by atoms with Crippen molar-refractivity contribution in [2.75, 3.05) is 39.4 Å². The fourth-order valence-electron chi connectivity index (χ4n) is 3.55. The number of nitrogens with zero attached hydrogens (tertiary/aromatic N) is 1. The van der Waals surface area contributed by atoms with Crippen molar-refractivity contribution in [1.29, 1.82) is 0 Å². The number of hydrogen-bond acceptors (Lipinski definition) is 4. The molecule has 2 aliphatic heterocycles. The molecule has 2 aliphatic rings. The minimum absolute atomic E-state index is 0.138. The Bertz CT molecular complexity index is 301. The van der Waals surface area contributed by atoms with Gasteiger partial charge >= 0.3 is 0 Å². The highest BCUT2D eigenvalue weighted by molar-refractivity contribution is 5.84. The third kappa shape index (κ3) is 6.05. The second-order valence-corrected chi connectivity index (χ2v) is 6.56. The van der Waals surface area contributed by atoms with Gasteiger partial charge in [0.25, 0.3) is 0 Å². The maximum Gasteiger partial charge on any atom is 0.149 e. The summed E-state index contributed by atoms with van der Waals surface area (Å²) in [6.45, 7) is 8.22. The number of unbranched alkanes of at least 4 members (excludes halogenated alkanes) is 1. The average molecular weight is 296 g/mol. The van der Waals surface area contributed by atoms with E-state index in [0.717, 1.165) is 71.0 Å². The molecule has 2 rings (SSSR count). The number of piperidine rings is 1. The summed E-state index contributed by atoms with van der Waals surface area (Å²) in [7, 11) is 0. The summed E-state index contributed by atoms with van der Waals surface area (Å²) >= 11 is 0. The van der Waals surface area contributed by atoms with E-state index >= 15 is 0 Å². The molecule has 4 heteroatoms. The number of carbonyl (C=O) groups excluding carboxylic acids is 1. The van der Waals surface area contributed by atoms with Gasteiger partial charge in [0.2, 0.25) is 0 Å². The molecule has 0 aromatic carbocycles. The van der Waals surface area contributed by atoms with Gasteiger partial charge in [-0.3, -0.25) is 9.69 Å². The molecule has 122 valence electrons. The number of carbonyl (C=O) groups is 1. The fourth-order valence-corrected chi connectivity index (χ4v) is 3.55. The van der Waals surface area contributed by atoms with E-state index in [-0.39, 0.29) is 6.04 Å². The van der Waals surface area contributed by atoms with Crippen LogP contribution in [0.2, 0.25) is 0 Å². The number of morpholine rings is 1. The number of ether oxygens (including phenoxy) is 1. The molecule has 2 atom stereocenters. The van der Waals surface area contributed by atoms with Crippen LogP contribution in [0.4, 0.5) is 0 Å². The van der Waals surface area contributed by atoms with Crippen LogP contribution in [0.15, 0.2) is 0 Å². The Kier molecular flexibility index (Phi) is 7.69. The molecule has 2 heterocycles. The van der Waals surface area contributed by atoms with Gasteiger partial charge in [-0.2, -0.15) is 0 Å². The van der Waals surface area contributed by atoms with Crippen molar-refractivity contribution < 1.29 is 9.53 Å². The second-order valence-electron chi connectivity index (χ2n) is 6.56. The van der Waals surface area contributed by atoms with E-state index in [0.29, 0.717) is 5.78 Å². The number of nitrogens with one attached hydrogen (secondary N) is 1. The summed E-state index contributed by atoms with van der Waals surface area (Å²) in [4.78, 5) is 14.8. The smallest absolute Gasteiger partial charge is 0.149 e.